The summed E-state index contributed by atoms with van der Waals surface area (Å²) in [7, 11) is 0. The molecule has 0 radical (unpaired) electrons. The molecule has 1 aliphatic heterocycles. The normalized spacial score (nSPS) is 23.5. The van der Waals surface area contributed by atoms with Gasteiger partial charge >= 0.3 is 5.97 Å². The highest BCUT2D eigenvalue weighted by molar-refractivity contribution is 5.89. The van der Waals surface area contributed by atoms with Crippen LogP contribution in [0.1, 0.15) is 49.9 Å². The lowest BCUT2D eigenvalue weighted by Gasteiger charge is -2.38. The molecule has 1 saturated heterocycles. The van der Waals surface area contributed by atoms with Gasteiger partial charge in [-0.1, -0.05) is 24.6 Å². The van der Waals surface area contributed by atoms with Gasteiger partial charge in [-0.2, -0.15) is 0 Å². The number of esters is 1. The number of carbonyl (C=O) groups excluding carboxylic acids is 1. The quantitative estimate of drug-likeness (QED) is 0.608. The first-order valence-electron chi connectivity index (χ1n) is 7.66. The third-order valence-electron chi connectivity index (χ3n) is 4.18. The molecule has 0 bridgehead atoms. The average molecular weight is 275 g/mol. The van der Waals surface area contributed by atoms with Crippen molar-refractivity contribution in [3.63, 3.8) is 0 Å². The Morgan fingerprint density at radius 3 is 2.50 bits per heavy atom. The van der Waals surface area contributed by atoms with Crippen LogP contribution in [0.2, 0.25) is 0 Å². The molecule has 2 rings (SSSR count). The fourth-order valence-electron chi connectivity index (χ4n) is 2.99. The van der Waals surface area contributed by atoms with Gasteiger partial charge in [-0.05, 0) is 45.2 Å². The van der Waals surface area contributed by atoms with E-state index in [9.17, 15) is 4.79 Å². The van der Waals surface area contributed by atoms with E-state index in [0.717, 1.165) is 13.0 Å². The molecule has 20 heavy (non-hydrogen) atoms. The Balaban J connectivity index is 1.70. The largest absolute Gasteiger partial charge is 0.462 e. The molecule has 0 aromatic heterocycles. The number of piperidine rings is 1. The number of rotatable bonds is 5. The van der Waals surface area contributed by atoms with Crippen molar-refractivity contribution in [2.24, 2.45) is 0 Å². The van der Waals surface area contributed by atoms with Gasteiger partial charge in [0, 0.05) is 18.6 Å². The zero-order chi connectivity index (χ0) is 14.4. The molecule has 3 nitrogen and oxygen atoms in total. The van der Waals surface area contributed by atoms with Gasteiger partial charge in [0.2, 0.25) is 0 Å². The van der Waals surface area contributed by atoms with Crippen molar-refractivity contribution in [2.45, 2.75) is 51.6 Å². The van der Waals surface area contributed by atoms with Crippen LogP contribution in [0.3, 0.4) is 0 Å². The molecule has 1 aliphatic rings. The lowest BCUT2D eigenvalue weighted by atomic mass is 9.97. The summed E-state index contributed by atoms with van der Waals surface area (Å²) in [6.45, 7) is 6.12. The van der Waals surface area contributed by atoms with E-state index in [-0.39, 0.29) is 5.97 Å². The zero-order valence-electron chi connectivity index (χ0n) is 12.5. The van der Waals surface area contributed by atoms with Crippen molar-refractivity contribution in [1.82, 2.24) is 4.90 Å². The van der Waals surface area contributed by atoms with Gasteiger partial charge in [-0.15, -0.1) is 0 Å². The summed E-state index contributed by atoms with van der Waals surface area (Å²) in [6.07, 6.45) is 4.82. The fraction of sp³-hybridized carbons (Fsp3) is 0.588. The van der Waals surface area contributed by atoms with Crippen molar-refractivity contribution < 1.29 is 9.53 Å². The van der Waals surface area contributed by atoms with Gasteiger partial charge in [-0.3, -0.25) is 4.90 Å². The number of benzene rings is 1. The Morgan fingerprint density at radius 1 is 1.20 bits per heavy atom. The van der Waals surface area contributed by atoms with Gasteiger partial charge in [-0.25, -0.2) is 4.79 Å². The predicted octanol–water partition coefficient (Wildman–Crippen LogP) is 3.50. The fourth-order valence-corrected chi connectivity index (χ4v) is 2.99. The average Bonchev–Trinajstić information content (AvgIpc) is 2.46. The van der Waals surface area contributed by atoms with Crippen LogP contribution in [0.5, 0.6) is 0 Å². The Bertz CT molecular complexity index is 408. The van der Waals surface area contributed by atoms with E-state index < -0.39 is 0 Å². The highest BCUT2D eigenvalue weighted by Crippen LogP contribution is 2.22. The number of hydrogen-bond acceptors (Lipinski definition) is 3. The van der Waals surface area contributed by atoms with Gasteiger partial charge < -0.3 is 4.74 Å². The van der Waals surface area contributed by atoms with Crippen LogP contribution < -0.4 is 0 Å². The first-order valence-corrected chi connectivity index (χ1v) is 7.66. The summed E-state index contributed by atoms with van der Waals surface area (Å²) in [5.41, 5.74) is 0.632. The predicted molar refractivity (Wildman–Crippen MR) is 80.8 cm³/mol. The molecule has 1 fully saturated rings. The standard InChI is InChI=1S/C17H25NO2/c1-14-8-6-9-15(2)18(14)12-7-13-20-17(19)16-10-4-3-5-11-16/h3-5,10-11,14-15H,6-9,12-13H2,1-2H3. The molecular formula is C17H25NO2. The van der Waals surface area contributed by atoms with Gasteiger partial charge in [0.25, 0.3) is 0 Å². The first kappa shape index (κ1) is 15.0. The molecule has 2 unspecified atom stereocenters. The van der Waals surface area contributed by atoms with E-state index in [2.05, 4.69) is 18.7 Å². The number of carbonyl (C=O) groups is 1. The molecule has 1 aromatic carbocycles. The van der Waals surface area contributed by atoms with E-state index >= 15 is 0 Å². The van der Waals surface area contributed by atoms with Crippen LogP contribution in [0.4, 0.5) is 0 Å². The second kappa shape index (κ2) is 7.44. The maximum atomic E-state index is 11.8. The van der Waals surface area contributed by atoms with E-state index in [1.807, 2.05) is 18.2 Å². The molecule has 1 aromatic rings. The van der Waals surface area contributed by atoms with Crippen LogP contribution in [0, 0.1) is 0 Å². The van der Waals surface area contributed by atoms with Crippen LogP contribution in [0.25, 0.3) is 0 Å². The maximum absolute atomic E-state index is 11.8. The molecule has 0 aliphatic carbocycles. The Morgan fingerprint density at radius 2 is 1.85 bits per heavy atom. The number of ether oxygens (including phenoxy) is 1. The molecular weight excluding hydrogens is 250 g/mol. The van der Waals surface area contributed by atoms with Gasteiger partial charge in [0.05, 0.1) is 12.2 Å². The first-order chi connectivity index (χ1) is 9.68. The maximum Gasteiger partial charge on any atom is 0.338 e. The van der Waals surface area contributed by atoms with Crippen LogP contribution >= 0.6 is 0 Å². The molecule has 3 heteroatoms. The minimum atomic E-state index is -0.217. The highest BCUT2D eigenvalue weighted by Gasteiger charge is 2.23. The number of nitrogens with zero attached hydrogens (tertiary/aromatic N) is 1. The van der Waals surface area contributed by atoms with E-state index in [1.165, 1.54) is 19.3 Å². The van der Waals surface area contributed by atoms with Crippen molar-refractivity contribution in [1.29, 1.82) is 0 Å². The van der Waals surface area contributed by atoms with E-state index in [1.54, 1.807) is 12.1 Å². The van der Waals surface area contributed by atoms with Crippen LogP contribution in [0.15, 0.2) is 30.3 Å². The zero-order valence-corrected chi connectivity index (χ0v) is 12.5. The molecule has 0 spiro atoms. The van der Waals surface area contributed by atoms with Crippen molar-refractivity contribution in [3.05, 3.63) is 35.9 Å². The third-order valence-corrected chi connectivity index (χ3v) is 4.18. The minimum Gasteiger partial charge on any atom is -0.462 e. The topological polar surface area (TPSA) is 29.5 Å². The summed E-state index contributed by atoms with van der Waals surface area (Å²) in [5, 5.41) is 0. The molecule has 0 amide bonds. The SMILES string of the molecule is CC1CCCC(C)N1CCCOC(=O)c1ccccc1. The molecule has 1 heterocycles. The van der Waals surface area contributed by atoms with E-state index in [4.69, 9.17) is 4.74 Å². The smallest absolute Gasteiger partial charge is 0.338 e. The summed E-state index contributed by atoms with van der Waals surface area (Å²) < 4.78 is 5.32. The Kier molecular flexibility index (Phi) is 5.60. The summed E-state index contributed by atoms with van der Waals surface area (Å²) >= 11 is 0. The lowest BCUT2D eigenvalue weighted by Crippen LogP contribution is -2.44. The van der Waals surface area contributed by atoms with Crippen LogP contribution in [-0.2, 0) is 4.74 Å². The van der Waals surface area contributed by atoms with Crippen molar-refractivity contribution in [3.8, 4) is 0 Å². The lowest BCUT2D eigenvalue weighted by molar-refractivity contribution is 0.0450. The summed E-state index contributed by atoms with van der Waals surface area (Å²) in [5.74, 6) is -0.217. The summed E-state index contributed by atoms with van der Waals surface area (Å²) in [6, 6.07) is 10.5. The second-order valence-electron chi connectivity index (χ2n) is 5.72. The monoisotopic (exact) mass is 275 g/mol. The van der Waals surface area contributed by atoms with Crippen molar-refractivity contribution in [2.75, 3.05) is 13.2 Å². The molecule has 2 atom stereocenters. The number of likely N-dealkylation sites (tertiary alicyclic amines) is 1. The molecule has 0 N–H and O–H groups in total. The van der Waals surface area contributed by atoms with Crippen LogP contribution in [-0.4, -0.2) is 36.1 Å². The third kappa shape index (κ3) is 4.07. The summed E-state index contributed by atoms with van der Waals surface area (Å²) in [4.78, 5) is 14.3. The van der Waals surface area contributed by atoms with Gasteiger partial charge in [0.15, 0.2) is 0 Å². The second-order valence-corrected chi connectivity index (χ2v) is 5.72. The van der Waals surface area contributed by atoms with E-state index in [0.29, 0.717) is 24.3 Å². The molecule has 110 valence electrons. The molecule has 0 saturated carbocycles. The Hall–Kier alpha value is -1.35. The van der Waals surface area contributed by atoms with Gasteiger partial charge in [0.1, 0.15) is 0 Å². The Labute approximate surface area is 121 Å². The minimum absolute atomic E-state index is 0.217. The van der Waals surface area contributed by atoms with Crippen molar-refractivity contribution >= 4 is 5.97 Å². The highest BCUT2D eigenvalue weighted by atomic mass is 16.5. The number of hydrogen-bond donors (Lipinski definition) is 0.